The Hall–Kier alpha value is -1.30. The minimum Gasteiger partial charge on any atom is -0.0845 e. The molecule has 0 N–H and O–H groups in total. The van der Waals surface area contributed by atoms with Crippen molar-refractivity contribution in [1.29, 1.82) is 0 Å². The molecule has 0 nitrogen and oxygen atoms in total. The first-order valence-corrected chi connectivity index (χ1v) is 9.16. The van der Waals surface area contributed by atoms with Crippen LogP contribution in [0.4, 0.5) is 0 Å². The minimum atomic E-state index is 0.865. The zero-order chi connectivity index (χ0) is 15.4. The highest BCUT2D eigenvalue weighted by molar-refractivity contribution is 5.41. The van der Waals surface area contributed by atoms with Crippen LogP contribution < -0.4 is 0 Å². The van der Waals surface area contributed by atoms with Crippen molar-refractivity contribution < 1.29 is 0 Å². The average Bonchev–Trinajstić information content (AvgIpc) is 2.98. The topological polar surface area (TPSA) is 0 Å². The Morgan fingerprint density at radius 1 is 1.09 bits per heavy atom. The molecule has 0 saturated carbocycles. The molecule has 2 aliphatic carbocycles. The average molecular weight is 294 g/mol. The molecule has 0 aliphatic heterocycles. The predicted octanol–water partition coefficient (Wildman–Crippen LogP) is 6.11. The molecule has 0 saturated heterocycles. The Kier molecular flexibility index (Phi) is 5.18. The molecule has 0 fully saturated rings. The van der Waals surface area contributed by atoms with Gasteiger partial charge in [0.15, 0.2) is 0 Å². The third kappa shape index (κ3) is 3.91. The van der Waals surface area contributed by atoms with Crippen molar-refractivity contribution in [3.05, 3.63) is 58.2 Å². The Balaban J connectivity index is 1.63. The summed E-state index contributed by atoms with van der Waals surface area (Å²) in [6.07, 6.45) is 18.8. The molecule has 0 aromatic heterocycles. The van der Waals surface area contributed by atoms with Gasteiger partial charge >= 0.3 is 0 Å². The zero-order valence-electron chi connectivity index (χ0n) is 14.3. The van der Waals surface area contributed by atoms with Crippen LogP contribution in [-0.4, -0.2) is 0 Å². The maximum absolute atomic E-state index is 2.51. The molecule has 1 atom stereocenters. The van der Waals surface area contributed by atoms with Crippen molar-refractivity contribution in [1.82, 2.24) is 0 Å². The highest BCUT2D eigenvalue weighted by atomic mass is 14.2. The molecule has 0 heterocycles. The fourth-order valence-electron chi connectivity index (χ4n) is 4.25. The Bertz CT molecular complexity index is 574. The first kappa shape index (κ1) is 15.6. The number of allylic oxidation sites excluding steroid dienone is 4. The van der Waals surface area contributed by atoms with E-state index in [1.807, 2.05) is 0 Å². The van der Waals surface area contributed by atoms with Crippen LogP contribution in [0.15, 0.2) is 35.9 Å². The van der Waals surface area contributed by atoms with Gasteiger partial charge in [-0.2, -0.15) is 0 Å². The van der Waals surface area contributed by atoms with Gasteiger partial charge in [-0.3, -0.25) is 0 Å². The largest absolute Gasteiger partial charge is 0.0845 e. The van der Waals surface area contributed by atoms with Gasteiger partial charge in [0.2, 0.25) is 0 Å². The molecule has 3 rings (SSSR count). The van der Waals surface area contributed by atoms with Crippen molar-refractivity contribution in [2.75, 3.05) is 0 Å². The number of benzene rings is 1. The summed E-state index contributed by atoms with van der Waals surface area (Å²) in [5, 5.41) is 0. The van der Waals surface area contributed by atoms with Gasteiger partial charge in [-0.1, -0.05) is 35.9 Å². The maximum atomic E-state index is 2.51. The van der Waals surface area contributed by atoms with Gasteiger partial charge in [0, 0.05) is 0 Å². The lowest BCUT2D eigenvalue weighted by Gasteiger charge is -2.17. The quantitative estimate of drug-likeness (QED) is 0.631. The number of aryl methyl sites for hydroxylation is 3. The molecule has 0 amide bonds. The molecule has 1 aromatic carbocycles. The number of hydrogen-bond acceptors (Lipinski definition) is 0. The summed E-state index contributed by atoms with van der Waals surface area (Å²) < 4.78 is 0. The summed E-state index contributed by atoms with van der Waals surface area (Å²) in [6, 6.07) is 4.97. The number of fused-ring (bicyclic) bond motifs is 1. The van der Waals surface area contributed by atoms with Crippen LogP contribution in [0.5, 0.6) is 0 Å². The van der Waals surface area contributed by atoms with Crippen LogP contribution in [0.3, 0.4) is 0 Å². The van der Waals surface area contributed by atoms with Crippen LogP contribution in [0.25, 0.3) is 0 Å². The van der Waals surface area contributed by atoms with Crippen LogP contribution in [0.2, 0.25) is 0 Å². The van der Waals surface area contributed by atoms with E-state index in [1.165, 1.54) is 57.8 Å². The molecule has 118 valence electrons. The standard InChI is InChI=1S/C22H30/c1-17-8-5-3-4-6-9-19(14-17)12-13-20-15-18(2)22-11-7-10-21(22)16-20/h3,5,8,15-16,19H,4,6-7,9-14H2,1-2H3/b5-3-,17-8+. The van der Waals surface area contributed by atoms with E-state index in [1.54, 1.807) is 27.8 Å². The maximum Gasteiger partial charge on any atom is -0.0270 e. The van der Waals surface area contributed by atoms with Crippen LogP contribution in [0.1, 0.15) is 67.7 Å². The first-order chi connectivity index (χ1) is 10.7. The van der Waals surface area contributed by atoms with E-state index < -0.39 is 0 Å². The Labute approximate surface area is 136 Å². The fraction of sp³-hybridized carbons (Fsp3) is 0.545. The second kappa shape index (κ2) is 7.31. The first-order valence-electron chi connectivity index (χ1n) is 9.16. The lowest BCUT2D eigenvalue weighted by Crippen LogP contribution is -2.04. The van der Waals surface area contributed by atoms with Gasteiger partial charge in [-0.15, -0.1) is 0 Å². The molecule has 1 unspecified atom stereocenters. The van der Waals surface area contributed by atoms with Crippen LogP contribution in [0, 0.1) is 12.8 Å². The lowest BCUT2D eigenvalue weighted by atomic mass is 9.88. The van der Waals surface area contributed by atoms with Gasteiger partial charge in [0.05, 0.1) is 0 Å². The second-order valence-electron chi connectivity index (χ2n) is 7.38. The number of rotatable bonds is 3. The third-order valence-corrected chi connectivity index (χ3v) is 5.45. The molecule has 22 heavy (non-hydrogen) atoms. The van der Waals surface area contributed by atoms with E-state index in [2.05, 4.69) is 44.2 Å². The van der Waals surface area contributed by atoms with Crippen molar-refractivity contribution >= 4 is 0 Å². The van der Waals surface area contributed by atoms with E-state index in [0.717, 1.165) is 5.92 Å². The van der Waals surface area contributed by atoms with Gasteiger partial charge in [0.1, 0.15) is 0 Å². The monoisotopic (exact) mass is 294 g/mol. The van der Waals surface area contributed by atoms with Crippen LogP contribution >= 0.6 is 0 Å². The summed E-state index contributed by atoms with van der Waals surface area (Å²) in [5.74, 6) is 0.865. The molecule has 0 bridgehead atoms. The molecule has 0 radical (unpaired) electrons. The van der Waals surface area contributed by atoms with Crippen molar-refractivity contribution in [2.45, 2.75) is 71.6 Å². The van der Waals surface area contributed by atoms with Crippen molar-refractivity contribution in [3.8, 4) is 0 Å². The highest BCUT2D eigenvalue weighted by Gasteiger charge is 2.15. The minimum absolute atomic E-state index is 0.865. The van der Waals surface area contributed by atoms with E-state index in [0.29, 0.717) is 0 Å². The normalized spacial score (nSPS) is 25.5. The SMILES string of the molecule is C/C1=C\C=C/CCCC(CCc2cc(C)c3c(c2)CCC3)C1. The van der Waals surface area contributed by atoms with Gasteiger partial charge < -0.3 is 0 Å². The molecular weight excluding hydrogens is 264 g/mol. The smallest absolute Gasteiger partial charge is 0.0270 e. The summed E-state index contributed by atoms with van der Waals surface area (Å²) in [5.41, 5.74) is 7.96. The lowest BCUT2D eigenvalue weighted by molar-refractivity contribution is 0.435. The molecule has 0 heteroatoms. The summed E-state index contributed by atoms with van der Waals surface area (Å²) in [6.45, 7) is 4.61. The Morgan fingerprint density at radius 3 is 2.91 bits per heavy atom. The molecule has 1 aromatic rings. The summed E-state index contributed by atoms with van der Waals surface area (Å²) in [4.78, 5) is 0. The van der Waals surface area contributed by atoms with Gasteiger partial charge in [-0.05, 0) is 99.8 Å². The summed E-state index contributed by atoms with van der Waals surface area (Å²) >= 11 is 0. The van der Waals surface area contributed by atoms with Crippen molar-refractivity contribution in [3.63, 3.8) is 0 Å². The zero-order valence-corrected chi connectivity index (χ0v) is 14.3. The van der Waals surface area contributed by atoms with E-state index in [-0.39, 0.29) is 0 Å². The third-order valence-electron chi connectivity index (χ3n) is 5.45. The van der Waals surface area contributed by atoms with E-state index in [4.69, 9.17) is 0 Å². The van der Waals surface area contributed by atoms with Gasteiger partial charge in [-0.25, -0.2) is 0 Å². The molecule has 2 aliphatic rings. The van der Waals surface area contributed by atoms with Crippen LogP contribution in [-0.2, 0) is 19.3 Å². The fourth-order valence-corrected chi connectivity index (χ4v) is 4.25. The highest BCUT2D eigenvalue weighted by Crippen LogP contribution is 2.29. The molecular formula is C22H30. The van der Waals surface area contributed by atoms with E-state index in [9.17, 15) is 0 Å². The van der Waals surface area contributed by atoms with E-state index >= 15 is 0 Å². The molecule has 0 spiro atoms. The van der Waals surface area contributed by atoms with Crippen molar-refractivity contribution in [2.24, 2.45) is 5.92 Å². The Morgan fingerprint density at radius 2 is 2.00 bits per heavy atom. The predicted molar refractivity (Wildman–Crippen MR) is 96.4 cm³/mol. The van der Waals surface area contributed by atoms with Gasteiger partial charge in [0.25, 0.3) is 0 Å². The number of hydrogen-bond donors (Lipinski definition) is 0. The summed E-state index contributed by atoms with van der Waals surface area (Å²) in [7, 11) is 0. The second-order valence-corrected chi connectivity index (χ2v) is 7.38.